The molecule has 0 aliphatic carbocycles. The molecule has 4 rings (SSSR count). The fourth-order valence-corrected chi connectivity index (χ4v) is 4.26. The number of anilines is 3. The van der Waals surface area contributed by atoms with Gasteiger partial charge in [0.1, 0.15) is 11.4 Å². The van der Waals surface area contributed by atoms with Crippen molar-refractivity contribution in [3.05, 3.63) is 76.5 Å². The van der Waals surface area contributed by atoms with E-state index >= 15 is 0 Å². The van der Waals surface area contributed by atoms with Crippen molar-refractivity contribution in [2.45, 2.75) is 25.7 Å². The summed E-state index contributed by atoms with van der Waals surface area (Å²) >= 11 is 0. The summed E-state index contributed by atoms with van der Waals surface area (Å²) in [6, 6.07) is 9.93. The first-order valence-corrected chi connectivity index (χ1v) is 12.7. The average Bonchev–Trinajstić information content (AvgIpc) is 3.28. The van der Waals surface area contributed by atoms with Gasteiger partial charge in [-0.2, -0.15) is 0 Å². The van der Waals surface area contributed by atoms with Gasteiger partial charge in [-0.05, 0) is 30.3 Å². The van der Waals surface area contributed by atoms with Crippen LogP contribution >= 0.6 is 0 Å². The maximum Gasteiger partial charge on any atom is 0.277 e. The number of nitrogens with zero attached hydrogens (tertiary/aromatic N) is 5. The van der Waals surface area contributed by atoms with E-state index in [2.05, 4.69) is 25.1 Å². The zero-order chi connectivity index (χ0) is 26.9. The number of halogens is 4. The molecule has 13 heteroatoms. The van der Waals surface area contributed by atoms with Gasteiger partial charge in [0.15, 0.2) is 0 Å². The second-order valence-corrected chi connectivity index (χ2v) is 10.3. The predicted octanol–water partition coefficient (Wildman–Crippen LogP) is 5.59. The summed E-state index contributed by atoms with van der Waals surface area (Å²) in [7, 11) is -2.60. The predicted molar refractivity (Wildman–Crippen MR) is 132 cm³/mol. The molecule has 1 aliphatic heterocycles. The number of benzene rings is 1. The van der Waals surface area contributed by atoms with E-state index in [-0.39, 0.29) is 58.4 Å². The van der Waals surface area contributed by atoms with Crippen LogP contribution in [0.1, 0.15) is 29.1 Å². The van der Waals surface area contributed by atoms with Crippen LogP contribution in [0.25, 0.3) is 4.85 Å². The number of hydrogen-bond acceptors (Lipinski definition) is 6. The third kappa shape index (κ3) is 5.69. The van der Waals surface area contributed by atoms with Crippen molar-refractivity contribution in [2.24, 2.45) is 4.99 Å². The highest BCUT2D eigenvalue weighted by Gasteiger charge is 2.27. The van der Waals surface area contributed by atoms with Crippen LogP contribution in [0, 0.1) is 6.57 Å². The van der Waals surface area contributed by atoms with Gasteiger partial charge in [0.2, 0.25) is 10.0 Å². The van der Waals surface area contributed by atoms with Gasteiger partial charge < -0.3 is 10.2 Å². The number of fused-ring (bicyclic) bond motifs is 1. The molecule has 1 N–H and O–H groups in total. The summed E-state index contributed by atoms with van der Waals surface area (Å²) in [4.78, 5) is 16.0. The molecule has 1 aromatic carbocycles. The molecule has 0 fully saturated rings. The quantitative estimate of drug-likeness (QED) is 0.302. The molecule has 0 spiro atoms. The fraction of sp³-hybridized carbons (Fsp3) is 0.250. The standard InChI is InChI=1S/C24H20F4N6O2S/c1-29-21-6-4-5-14(31-21)10-15-11-17(22-18(30-15)12-19(33-22)24(27)28)32-16-8-7-13(23(25)26)9-20(16)34(2)37(3,35)36/h4-9,11,23-24H,10,12H2,2-3H3,(H,30,32). The molecular weight excluding hydrogens is 512 g/mol. The summed E-state index contributed by atoms with van der Waals surface area (Å²) in [6.07, 6.45) is -4.73. The van der Waals surface area contributed by atoms with E-state index < -0.39 is 22.9 Å². The molecule has 2 aromatic heterocycles. The minimum Gasteiger partial charge on any atom is -0.361 e. The highest BCUT2D eigenvalue weighted by atomic mass is 32.2. The minimum atomic E-state index is -3.82. The van der Waals surface area contributed by atoms with E-state index in [4.69, 9.17) is 6.57 Å². The van der Waals surface area contributed by atoms with Crippen molar-refractivity contribution < 1.29 is 26.0 Å². The lowest BCUT2D eigenvalue weighted by molar-refractivity contribution is 0.151. The second kappa shape index (κ2) is 10.1. The van der Waals surface area contributed by atoms with Crippen LogP contribution in [-0.2, 0) is 22.9 Å². The summed E-state index contributed by atoms with van der Waals surface area (Å²) in [5.41, 5.74) is 0.942. The summed E-state index contributed by atoms with van der Waals surface area (Å²) < 4.78 is 78.9. The Morgan fingerprint density at radius 1 is 1.05 bits per heavy atom. The number of sulfonamides is 1. The third-order valence-corrected chi connectivity index (χ3v) is 6.81. The van der Waals surface area contributed by atoms with Gasteiger partial charge in [-0.25, -0.2) is 31.0 Å². The van der Waals surface area contributed by atoms with Gasteiger partial charge in [0, 0.05) is 19.0 Å². The molecule has 37 heavy (non-hydrogen) atoms. The number of alkyl halides is 4. The molecule has 192 valence electrons. The molecule has 8 nitrogen and oxygen atoms in total. The van der Waals surface area contributed by atoms with Gasteiger partial charge in [-0.3, -0.25) is 9.29 Å². The Hall–Kier alpha value is -4.05. The van der Waals surface area contributed by atoms with Crippen molar-refractivity contribution in [3.63, 3.8) is 0 Å². The van der Waals surface area contributed by atoms with Crippen LogP contribution in [0.15, 0.2) is 47.5 Å². The zero-order valence-corrected chi connectivity index (χ0v) is 20.4. The SMILES string of the molecule is [C-]#[N+]c1cccc(Cc2cc(Nc3ccc(C(F)F)cc3N(C)S(C)(=O)=O)c3c(n2)CC(C(F)F)=N3)n1. The van der Waals surface area contributed by atoms with E-state index in [1.807, 2.05) is 0 Å². The molecule has 1 aliphatic rings. The van der Waals surface area contributed by atoms with Crippen molar-refractivity contribution >= 4 is 44.3 Å². The smallest absolute Gasteiger partial charge is 0.277 e. The lowest BCUT2D eigenvalue weighted by Gasteiger charge is -2.22. The second-order valence-electron chi connectivity index (χ2n) is 8.25. The maximum absolute atomic E-state index is 13.5. The zero-order valence-electron chi connectivity index (χ0n) is 19.6. The van der Waals surface area contributed by atoms with Crippen molar-refractivity contribution in [2.75, 3.05) is 22.9 Å². The van der Waals surface area contributed by atoms with Crippen LogP contribution in [0.5, 0.6) is 0 Å². The first-order chi connectivity index (χ1) is 17.5. The highest BCUT2D eigenvalue weighted by Crippen LogP contribution is 2.40. The van der Waals surface area contributed by atoms with Crippen LogP contribution in [-0.4, -0.2) is 43.8 Å². The van der Waals surface area contributed by atoms with Crippen LogP contribution in [0.3, 0.4) is 0 Å². The highest BCUT2D eigenvalue weighted by molar-refractivity contribution is 7.92. The van der Waals surface area contributed by atoms with Crippen molar-refractivity contribution in [3.8, 4) is 0 Å². The summed E-state index contributed by atoms with van der Waals surface area (Å²) in [5.74, 6) is 0.188. The normalized spacial score (nSPS) is 12.9. The molecular formula is C24H20F4N6O2S. The lowest BCUT2D eigenvalue weighted by Crippen LogP contribution is -2.25. The fourth-order valence-electron chi connectivity index (χ4n) is 3.75. The van der Waals surface area contributed by atoms with Crippen molar-refractivity contribution in [1.82, 2.24) is 9.97 Å². The topological polar surface area (TPSA) is 91.9 Å². The summed E-state index contributed by atoms with van der Waals surface area (Å²) in [6.45, 7) is 7.14. The molecule has 0 unspecified atom stereocenters. The number of pyridine rings is 2. The largest absolute Gasteiger partial charge is 0.361 e. The third-order valence-electron chi connectivity index (χ3n) is 5.62. The first-order valence-electron chi connectivity index (χ1n) is 10.8. The molecule has 0 atom stereocenters. The number of nitrogens with one attached hydrogen (secondary N) is 1. The Kier molecular flexibility index (Phi) is 7.13. The lowest BCUT2D eigenvalue weighted by atomic mass is 10.1. The van der Waals surface area contributed by atoms with Gasteiger partial charge in [0.05, 0.1) is 46.8 Å². The first kappa shape index (κ1) is 26.0. The Balaban J connectivity index is 1.81. The summed E-state index contributed by atoms with van der Waals surface area (Å²) in [5, 5.41) is 2.99. The number of rotatable bonds is 8. The van der Waals surface area contributed by atoms with Gasteiger partial charge in [-0.1, -0.05) is 18.7 Å². The van der Waals surface area contributed by atoms with E-state index in [0.29, 0.717) is 11.4 Å². The molecule has 3 aromatic rings. The molecule has 3 heterocycles. The molecule has 0 saturated carbocycles. The molecule has 0 amide bonds. The van der Waals surface area contributed by atoms with Crippen LogP contribution in [0.2, 0.25) is 0 Å². The average molecular weight is 533 g/mol. The van der Waals surface area contributed by atoms with Crippen LogP contribution in [0.4, 0.5) is 46.1 Å². The Morgan fingerprint density at radius 3 is 2.46 bits per heavy atom. The van der Waals surface area contributed by atoms with Gasteiger partial charge >= 0.3 is 0 Å². The molecule has 0 radical (unpaired) electrons. The van der Waals surface area contributed by atoms with E-state index in [0.717, 1.165) is 22.7 Å². The Morgan fingerprint density at radius 2 is 1.81 bits per heavy atom. The Labute approximate surface area is 210 Å². The number of aromatic nitrogens is 2. The molecule has 0 saturated heterocycles. The van der Waals surface area contributed by atoms with E-state index in [1.165, 1.54) is 13.1 Å². The van der Waals surface area contributed by atoms with Gasteiger partial charge in [-0.15, -0.1) is 4.98 Å². The maximum atomic E-state index is 13.5. The van der Waals surface area contributed by atoms with E-state index in [9.17, 15) is 26.0 Å². The minimum absolute atomic E-state index is 0.0603. The number of hydrogen-bond donors (Lipinski definition) is 1. The Bertz CT molecular complexity index is 1540. The van der Waals surface area contributed by atoms with Crippen LogP contribution < -0.4 is 9.62 Å². The van der Waals surface area contributed by atoms with E-state index in [1.54, 1.807) is 24.3 Å². The molecule has 0 bridgehead atoms. The number of aliphatic imine (C=N–C) groups is 1. The van der Waals surface area contributed by atoms with Gasteiger partial charge in [0.25, 0.3) is 18.7 Å². The van der Waals surface area contributed by atoms with Crippen molar-refractivity contribution in [1.29, 1.82) is 0 Å². The monoisotopic (exact) mass is 532 g/mol.